The molecule has 1 atom stereocenters. The number of nitrogens with one attached hydrogen (secondary N) is 1. The molecule has 8 nitrogen and oxygen atoms in total. The molecule has 2 aliphatic rings. The van der Waals surface area contributed by atoms with Crippen LogP contribution in [0.2, 0.25) is 0 Å². The van der Waals surface area contributed by atoms with E-state index in [1.165, 1.54) is 12.1 Å². The summed E-state index contributed by atoms with van der Waals surface area (Å²) in [6, 6.07) is 17.0. The topological polar surface area (TPSA) is 115 Å². The summed E-state index contributed by atoms with van der Waals surface area (Å²) in [5.74, 6) is 1.49. The van der Waals surface area contributed by atoms with Crippen LogP contribution in [0.5, 0.6) is 11.5 Å². The summed E-state index contributed by atoms with van der Waals surface area (Å²) in [4.78, 5) is 18.1. The maximum absolute atomic E-state index is 13.3. The minimum absolute atomic E-state index is 0. The van der Waals surface area contributed by atoms with E-state index >= 15 is 0 Å². The third-order valence-corrected chi connectivity index (χ3v) is 8.05. The van der Waals surface area contributed by atoms with Gasteiger partial charge in [0.1, 0.15) is 5.78 Å². The van der Waals surface area contributed by atoms with E-state index in [-0.39, 0.29) is 33.4 Å². The Kier molecular flexibility index (Phi) is 6.08. The van der Waals surface area contributed by atoms with Crippen molar-refractivity contribution in [1.82, 2.24) is 9.71 Å². The zero-order valence-corrected chi connectivity index (χ0v) is 20.0. The van der Waals surface area contributed by atoms with Crippen LogP contribution >= 0.6 is 0 Å². The molecular weight excluding hydrogens is 468 g/mol. The molecule has 0 spiro atoms. The van der Waals surface area contributed by atoms with Crippen LogP contribution in [0.15, 0.2) is 65.6 Å². The number of aliphatic hydroxyl groups is 1. The van der Waals surface area contributed by atoms with Gasteiger partial charge in [-0.2, -0.15) is 0 Å². The van der Waals surface area contributed by atoms with E-state index in [2.05, 4.69) is 9.71 Å². The van der Waals surface area contributed by atoms with Crippen molar-refractivity contribution in [3.63, 3.8) is 0 Å². The number of rotatable bonds is 9. The summed E-state index contributed by atoms with van der Waals surface area (Å²) in [6.45, 7) is 1.49. The number of fused-ring (bicyclic) bond motifs is 1. The van der Waals surface area contributed by atoms with E-state index in [0.717, 1.165) is 24.0 Å². The lowest BCUT2D eigenvalue weighted by atomic mass is 9.88. The standard InChI is InChI=1S/C26H26N2O6S.2H2/c1-17(15-29)28-35(31,32)21-8-5-18(6-9-21)22-4-2-3-20(27-22)14-25(30)26(11-12-26)19-7-10-23-24(13-19)34-16-33-23;;/h2-10,13,17,28-29H,11-12,14-16H2,1H3;2*1H/t17-;;/m1../s1. The van der Waals surface area contributed by atoms with Gasteiger partial charge in [0, 0.05) is 26.6 Å². The third kappa shape index (κ3) is 4.67. The first-order chi connectivity index (χ1) is 16.8. The predicted octanol–water partition coefficient (Wildman–Crippen LogP) is 3.47. The Morgan fingerprint density at radius 2 is 1.86 bits per heavy atom. The Hall–Kier alpha value is -3.27. The lowest BCUT2D eigenvalue weighted by Gasteiger charge is -2.15. The molecule has 186 valence electrons. The number of ketones is 1. The number of carbonyl (C=O) groups excluding carboxylic acids is 1. The van der Waals surface area contributed by atoms with E-state index < -0.39 is 21.5 Å². The second-order valence-electron chi connectivity index (χ2n) is 8.99. The molecule has 0 unspecified atom stereocenters. The van der Waals surface area contributed by atoms with Crippen molar-refractivity contribution in [2.45, 2.75) is 42.5 Å². The lowest BCUT2D eigenvalue weighted by molar-refractivity contribution is -0.120. The van der Waals surface area contributed by atoms with Crippen LogP contribution in [-0.4, -0.2) is 43.7 Å². The second kappa shape index (κ2) is 9.07. The van der Waals surface area contributed by atoms with Gasteiger partial charge < -0.3 is 14.6 Å². The van der Waals surface area contributed by atoms with E-state index in [1.54, 1.807) is 19.1 Å². The highest BCUT2D eigenvalue weighted by atomic mass is 32.2. The normalized spacial score (nSPS) is 16.6. The summed E-state index contributed by atoms with van der Waals surface area (Å²) in [5.41, 5.74) is 2.50. The molecule has 1 fully saturated rings. The van der Waals surface area contributed by atoms with E-state index in [1.807, 2.05) is 36.4 Å². The van der Waals surface area contributed by atoms with Crippen LogP contribution in [-0.2, 0) is 26.7 Å². The number of nitrogens with zero attached hydrogens (tertiary/aromatic N) is 1. The molecular formula is C26H30N2O6S. The summed E-state index contributed by atoms with van der Waals surface area (Å²) in [7, 11) is -3.73. The number of benzene rings is 2. The fourth-order valence-electron chi connectivity index (χ4n) is 4.30. The number of carbonyl (C=O) groups is 1. The number of ether oxygens (including phenoxy) is 2. The Morgan fingerprint density at radius 1 is 1.11 bits per heavy atom. The van der Waals surface area contributed by atoms with Gasteiger partial charge in [0.15, 0.2) is 11.5 Å². The molecule has 9 heteroatoms. The number of Topliss-reactive ketones (excluding diaryl/α,β-unsaturated/α-hetero) is 1. The van der Waals surface area contributed by atoms with Gasteiger partial charge in [-0.05, 0) is 61.7 Å². The van der Waals surface area contributed by atoms with Crippen LogP contribution in [0, 0.1) is 0 Å². The number of pyridine rings is 1. The predicted molar refractivity (Wildman–Crippen MR) is 133 cm³/mol. The third-order valence-electron chi connectivity index (χ3n) is 6.45. The fraction of sp³-hybridized carbons (Fsp3) is 0.308. The van der Waals surface area contributed by atoms with Crippen molar-refractivity contribution in [2.75, 3.05) is 13.4 Å². The molecule has 0 radical (unpaired) electrons. The first-order valence-electron chi connectivity index (χ1n) is 11.4. The summed E-state index contributed by atoms with van der Waals surface area (Å²) in [6.07, 6.45) is 1.80. The molecule has 0 amide bonds. The first kappa shape index (κ1) is 23.5. The van der Waals surface area contributed by atoms with Crippen molar-refractivity contribution in [3.05, 3.63) is 71.9 Å². The maximum Gasteiger partial charge on any atom is 0.240 e. The van der Waals surface area contributed by atoms with Gasteiger partial charge in [0.25, 0.3) is 0 Å². The number of hydrogen-bond donors (Lipinski definition) is 2. The largest absolute Gasteiger partial charge is 0.454 e. The quantitative estimate of drug-likeness (QED) is 0.464. The summed E-state index contributed by atoms with van der Waals surface area (Å²) in [5, 5.41) is 9.11. The van der Waals surface area contributed by atoms with E-state index in [4.69, 9.17) is 14.6 Å². The van der Waals surface area contributed by atoms with Gasteiger partial charge in [-0.25, -0.2) is 13.1 Å². The smallest absolute Gasteiger partial charge is 0.240 e. The van der Waals surface area contributed by atoms with Gasteiger partial charge in [-0.1, -0.05) is 24.3 Å². The zero-order chi connectivity index (χ0) is 24.6. The number of sulfonamides is 1. The van der Waals surface area contributed by atoms with Crippen molar-refractivity contribution in [2.24, 2.45) is 0 Å². The number of aromatic nitrogens is 1. The average Bonchev–Trinajstić information content (AvgIpc) is 3.55. The number of hydrogen-bond acceptors (Lipinski definition) is 7. The van der Waals surface area contributed by atoms with Gasteiger partial charge in [-0.3, -0.25) is 9.78 Å². The monoisotopic (exact) mass is 498 g/mol. The van der Waals surface area contributed by atoms with Crippen molar-refractivity contribution in [1.29, 1.82) is 0 Å². The SMILES string of the molecule is C[C@H](CO)NS(=O)(=O)c1ccc(-c2cccc(CC(=O)C3(c4ccc5c(c4)OCO5)CC3)n2)cc1.[HH].[HH]. The Labute approximate surface area is 207 Å². The van der Waals surface area contributed by atoms with Crippen LogP contribution in [0.25, 0.3) is 11.3 Å². The molecule has 1 aromatic heterocycles. The van der Waals surface area contributed by atoms with Crippen molar-refractivity contribution >= 4 is 15.8 Å². The first-order valence-corrected chi connectivity index (χ1v) is 12.9. The Morgan fingerprint density at radius 3 is 2.57 bits per heavy atom. The minimum Gasteiger partial charge on any atom is -0.454 e. The molecule has 35 heavy (non-hydrogen) atoms. The molecule has 1 saturated carbocycles. The highest BCUT2D eigenvalue weighted by Gasteiger charge is 2.51. The van der Waals surface area contributed by atoms with Crippen LogP contribution in [0.3, 0.4) is 0 Å². The Bertz CT molecular complexity index is 1380. The van der Waals surface area contributed by atoms with Gasteiger partial charge in [0.05, 0.1) is 22.6 Å². The van der Waals surface area contributed by atoms with Gasteiger partial charge in [-0.15, -0.1) is 0 Å². The lowest BCUT2D eigenvalue weighted by Crippen LogP contribution is -2.34. The molecule has 2 aromatic carbocycles. The maximum atomic E-state index is 13.3. The summed E-state index contributed by atoms with van der Waals surface area (Å²) >= 11 is 0. The van der Waals surface area contributed by atoms with Crippen LogP contribution in [0.4, 0.5) is 0 Å². The molecule has 1 aliphatic heterocycles. The van der Waals surface area contributed by atoms with Crippen LogP contribution in [0.1, 0.15) is 33.9 Å². The highest BCUT2D eigenvalue weighted by Crippen LogP contribution is 2.51. The molecule has 5 rings (SSSR count). The van der Waals surface area contributed by atoms with E-state index in [0.29, 0.717) is 22.9 Å². The molecule has 0 bridgehead atoms. The zero-order valence-electron chi connectivity index (χ0n) is 19.2. The fourth-order valence-corrected chi connectivity index (χ4v) is 5.53. The molecule has 2 N–H and O–H groups in total. The van der Waals surface area contributed by atoms with Crippen molar-refractivity contribution in [3.8, 4) is 22.8 Å². The van der Waals surface area contributed by atoms with E-state index in [9.17, 15) is 13.2 Å². The van der Waals surface area contributed by atoms with Crippen molar-refractivity contribution < 1.29 is 30.6 Å². The van der Waals surface area contributed by atoms with Gasteiger partial charge in [0.2, 0.25) is 16.8 Å². The summed E-state index contributed by atoms with van der Waals surface area (Å²) < 4.78 is 38.1. The highest BCUT2D eigenvalue weighted by molar-refractivity contribution is 7.89. The molecule has 0 saturated heterocycles. The molecule has 2 heterocycles. The number of aliphatic hydroxyl groups excluding tert-OH is 1. The molecule has 3 aromatic rings. The second-order valence-corrected chi connectivity index (χ2v) is 10.7. The van der Waals surface area contributed by atoms with Gasteiger partial charge >= 0.3 is 0 Å². The minimum atomic E-state index is -3.73. The molecule has 1 aliphatic carbocycles. The average molecular weight is 499 g/mol. The van der Waals surface area contributed by atoms with Crippen LogP contribution < -0.4 is 14.2 Å². The Balaban J connectivity index is 0.00000190.